The Morgan fingerprint density at radius 1 is 1.13 bits per heavy atom. The van der Waals surface area contributed by atoms with Crippen molar-refractivity contribution in [2.24, 2.45) is 0 Å². The van der Waals surface area contributed by atoms with Gasteiger partial charge in [0.2, 0.25) is 5.91 Å². The summed E-state index contributed by atoms with van der Waals surface area (Å²) in [7, 11) is 1.84. The van der Waals surface area contributed by atoms with Gasteiger partial charge >= 0.3 is 0 Å². The fraction of sp³-hybridized carbons (Fsp3) is 0.263. The lowest BCUT2D eigenvalue weighted by atomic mass is 10.1. The summed E-state index contributed by atoms with van der Waals surface area (Å²) in [5, 5.41) is 8.52. The van der Waals surface area contributed by atoms with E-state index in [9.17, 15) is 4.79 Å². The molecule has 2 aromatic carbocycles. The lowest BCUT2D eigenvalue weighted by Crippen LogP contribution is -2.26. The van der Waals surface area contributed by atoms with Gasteiger partial charge in [0.25, 0.3) is 0 Å². The highest BCUT2D eigenvalue weighted by Gasteiger charge is 2.13. The second-order valence-corrected chi connectivity index (χ2v) is 5.81. The minimum atomic E-state index is 0.142. The third kappa shape index (κ3) is 3.26. The molecular formula is C19H21N3O. The molecular weight excluding hydrogens is 286 g/mol. The number of nitrogens with one attached hydrogen (secondary N) is 1. The lowest BCUT2D eigenvalue weighted by Gasteiger charge is -2.19. The Kier molecular flexibility index (Phi) is 4.42. The number of rotatable bonds is 5. The molecule has 0 aliphatic heterocycles. The Hall–Kier alpha value is -2.62. The van der Waals surface area contributed by atoms with Crippen molar-refractivity contribution in [3.05, 3.63) is 59.8 Å². The van der Waals surface area contributed by atoms with Crippen LogP contribution >= 0.6 is 0 Å². The van der Waals surface area contributed by atoms with Crippen molar-refractivity contribution in [2.45, 2.75) is 26.2 Å². The van der Waals surface area contributed by atoms with E-state index in [0.717, 1.165) is 40.7 Å². The van der Waals surface area contributed by atoms with Gasteiger partial charge in [-0.15, -0.1) is 0 Å². The van der Waals surface area contributed by atoms with Crippen LogP contribution in [0.15, 0.2) is 48.5 Å². The standard InChI is InChI=1S/C19H21N3O/c1-14-8-3-6-12-18(14)22(2)19(23)13-7-11-17-15-9-4-5-10-16(15)20-21-17/h3-6,8-10,12H,7,11,13H2,1-2H3,(H,20,21). The number of aryl methyl sites for hydroxylation is 2. The van der Waals surface area contributed by atoms with E-state index in [2.05, 4.69) is 16.3 Å². The Labute approximate surface area is 136 Å². The van der Waals surface area contributed by atoms with E-state index in [1.165, 1.54) is 0 Å². The van der Waals surface area contributed by atoms with Crippen molar-refractivity contribution in [3.63, 3.8) is 0 Å². The lowest BCUT2D eigenvalue weighted by molar-refractivity contribution is -0.118. The highest BCUT2D eigenvalue weighted by molar-refractivity contribution is 5.93. The van der Waals surface area contributed by atoms with Gasteiger partial charge in [0.15, 0.2) is 0 Å². The number of hydrogen-bond donors (Lipinski definition) is 1. The Balaban J connectivity index is 1.60. The summed E-state index contributed by atoms with van der Waals surface area (Å²) in [5.41, 5.74) is 4.17. The molecule has 0 fully saturated rings. The van der Waals surface area contributed by atoms with Crippen LogP contribution in [0, 0.1) is 6.92 Å². The molecule has 0 unspecified atom stereocenters. The first-order valence-corrected chi connectivity index (χ1v) is 7.91. The molecule has 0 bridgehead atoms. The predicted molar refractivity (Wildman–Crippen MR) is 93.6 cm³/mol. The van der Waals surface area contributed by atoms with E-state index >= 15 is 0 Å². The molecule has 1 N–H and O–H groups in total. The van der Waals surface area contributed by atoms with E-state index in [4.69, 9.17) is 0 Å². The minimum absolute atomic E-state index is 0.142. The van der Waals surface area contributed by atoms with Crippen molar-refractivity contribution in [1.29, 1.82) is 0 Å². The first kappa shape index (κ1) is 15.3. The van der Waals surface area contributed by atoms with Gasteiger partial charge in [0, 0.05) is 30.2 Å². The molecule has 118 valence electrons. The molecule has 0 aliphatic rings. The van der Waals surface area contributed by atoms with Gasteiger partial charge in [-0.1, -0.05) is 36.4 Å². The molecule has 23 heavy (non-hydrogen) atoms. The number of nitrogens with zero attached hydrogens (tertiary/aromatic N) is 2. The molecule has 3 rings (SSSR count). The van der Waals surface area contributed by atoms with Crippen LogP contribution in [-0.4, -0.2) is 23.2 Å². The van der Waals surface area contributed by atoms with E-state index in [0.29, 0.717) is 6.42 Å². The van der Waals surface area contributed by atoms with Crippen molar-refractivity contribution in [2.75, 3.05) is 11.9 Å². The number of carbonyl (C=O) groups excluding carboxylic acids is 1. The molecule has 3 aromatic rings. The first-order chi connectivity index (χ1) is 11.2. The largest absolute Gasteiger partial charge is 0.315 e. The maximum atomic E-state index is 12.4. The Morgan fingerprint density at radius 2 is 1.87 bits per heavy atom. The van der Waals surface area contributed by atoms with Gasteiger partial charge < -0.3 is 4.90 Å². The van der Waals surface area contributed by atoms with E-state index in [1.54, 1.807) is 4.90 Å². The van der Waals surface area contributed by atoms with Crippen LogP contribution in [0.3, 0.4) is 0 Å². The fourth-order valence-electron chi connectivity index (χ4n) is 2.86. The minimum Gasteiger partial charge on any atom is -0.315 e. The highest BCUT2D eigenvalue weighted by atomic mass is 16.2. The molecule has 0 atom stereocenters. The number of amides is 1. The molecule has 0 spiro atoms. The summed E-state index contributed by atoms with van der Waals surface area (Å²) in [5.74, 6) is 0.142. The van der Waals surface area contributed by atoms with Gasteiger partial charge in [0.05, 0.1) is 5.52 Å². The maximum Gasteiger partial charge on any atom is 0.226 e. The van der Waals surface area contributed by atoms with Crippen LogP contribution in [0.25, 0.3) is 10.9 Å². The number of carbonyl (C=O) groups is 1. The zero-order valence-corrected chi connectivity index (χ0v) is 13.5. The molecule has 0 aliphatic carbocycles. The smallest absolute Gasteiger partial charge is 0.226 e. The van der Waals surface area contributed by atoms with Gasteiger partial charge in [0.1, 0.15) is 0 Å². The second kappa shape index (κ2) is 6.65. The Bertz CT molecular complexity index is 822. The van der Waals surface area contributed by atoms with Crippen LogP contribution in [0.1, 0.15) is 24.1 Å². The molecule has 0 saturated carbocycles. The Morgan fingerprint density at radius 3 is 2.70 bits per heavy atom. The van der Waals surface area contributed by atoms with Crippen LogP contribution in [0.2, 0.25) is 0 Å². The van der Waals surface area contributed by atoms with Gasteiger partial charge in [-0.2, -0.15) is 5.10 Å². The summed E-state index contributed by atoms with van der Waals surface area (Å²) < 4.78 is 0. The quantitative estimate of drug-likeness (QED) is 0.778. The van der Waals surface area contributed by atoms with Crippen LogP contribution in [0.4, 0.5) is 5.69 Å². The molecule has 1 amide bonds. The van der Waals surface area contributed by atoms with Gasteiger partial charge in [-0.3, -0.25) is 9.89 Å². The third-order valence-corrected chi connectivity index (χ3v) is 4.21. The summed E-state index contributed by atoms with van der Waals surface area (Å²) in [4.78, 5) is 14.1. The van der Waals surface area contributed by atoms with Gasteiger partial charge in [-0.25, -0.2) is 0 Å². The van der Waals surface area contributed by atoms with Crippen molar-refractivity contribution in [3.8, 4) is 0 Å². The average Bonchev–Trinajstić information content (AvgIpc) is 2.98. The number of aromatic amines is 1. The topological polar surface area (TPSA) is 49.0 Å². The third-order valence-electron chi connectivity index (χ3n) is 4.21. The molecule has 0 radical (unpaired) electrons. The SMILES string of the molecule is Cc1ccccc1N(C)C(=O)CCCc1[nH]nc2ccccc12. The predicted octanol–water partition coefficient (Wildman–Crippen LogP) is 3.86. The normalized spacial score (nSPS) is 10.9. The summed E-state index contributed by atoms with van der Waals surface area (Å²) in [6.07, 6.45) is 2.16. The van der Waals surface area contributed by atoms with Crippen LogP contribution < -0.4 is 4.90 Å². The number of fused-ring (bicyclic) bond motifs is 1. The van der Waals surface area contributed by atoms with E-state index in [1.807, 2.05) is 56.4 Å². The molecule has 4 heteroatoms. The average molecular weight is 307 g/mol. The second-order valence-electron chi connectivity index (χ2n) is 5.81. The number of aromatic nitrogens is 2. The number of H-pyrrole nitrogens is 1. The van der Waals surface area contributed by atoms with Crippen molar-refractivity contribution in [1.82, 2.24) is 10.2 Å². The van der Waals surface area contributed by atoms with Gasteiger partial charge in [-0.05, 0) is 37.5 Å². The molecule has 4 nitrogen and oxygen atoms in total. The molecule has 1 heterocycles. The maximum absolute atomic E-state index is 12.4. The number of anilines is 1. The number of hydrogen-bond acceptors (Lipinski definition) is 2. The highest BCUT2D eigenvalue weighted by Crippen LogP contribution is 2.20. The van der Waals surface area contributed by atoms with Crippen LogP contribution in [0.5, 0.6) is 0 Å². The number of para-hydroxylation sites is 2. The molecule has 1 aromatic heterocycles. The van der Waals surface area contributed by atoms with Crippen molar-refractivity contribution >= 4 is 22.5 Å². The zero-order chi connectivity index (χ0) is 16.2. The summed E-state index contributed by atoms with van der Waals surface area (Å²) in [6.45, 7) is 2.02. The van der Waals surface area contributed by atoms with Crippen LogP contribution in [-0.2, 0) is 11.2 Å². The van der Waals surface area contributed by atoms with Crippen molar-refractivity contribution < 1.29 is 4.79 Å². The monoisotopic (exact) mass is 307 g/mol. The fourth-order valence-corrected chi connectivity index (χ4v) is 2.86. The summed E-state index contributed by atoms with van der Waals surface area (Å²) in [6, 6.07) is 16.0. The summed E-state index contributed by atoms with van der Waals surface area (Å²) >= 11 is 0. The molecule has 0 saturated heterocycles. The first-order valence-electron chi connectivity index (χ1n) is 7.91. The van der Waals surface area contributed by atoms with E-state index in [-0.39, 0.29) is 5.91 Å². The number of benzene rings is 2. The van der Waals surface area contributed by atoms with E-state index < -0.39 is 0 Å². The zero-order valence-electron chi connectivity index (χ0n) is 13.5.